The molecule has 6 heteroatoms. The van der Waals surface area contributed by atoms with Crippen LogP contribution in [0, 0.1) is 0 Å². The maximum atomic E-state index is 12.0. The minimum absolute atomic E-state index is 0.129. The van der Waals surface area contributed by atoms with Gasteiger partial charge in [-0.25, -0.2) is 0 Å². The van der Waals surface area contributed by atoms with E-state index in [4.69, 9.17) is 10.3 Å². The lowest BCUT2D eigenvalue weighted by Crippen LogP contribution is -2.38. The van der Waals surface area contributed by atoms with Gasteiger partial charge in [-0.15, -0.1) is 0 Å². The Hall–Kier alpha value is -1.40. The Bertz CT molecular complexity index is 456. The monoisotopic (exact) mass is 294 g/mol. The number of hydrogen-bond acceptors (Lipinski definition) is 5. The zero-order valence-corrected chi connectivity index (χ0v) is 13.0. The smallest absolute Gasteiger partial charge is 0.273 e. The van der Waals surface area contributed by atoms with Gasteiger partial charge in [0.05, 0.1) is 0 Å². The van der Waals surface area contributed by atoms with Gasteiger partial charge in [-0.3, -0.25) is 9.69 Å². The van der Waals surface area contributed by atoms with E-state index in [1.165, 1.54) is 0 Å². The number of carbonyl (C=O) groups excluding carboxylic acids is 1. The topological polar surface area (TPSA) is 84.4 Å². The number of rotatable bonds is 5. The number of hydrogen-bond donors (Lipinski definition) is 2. The van der Waals surface area contributed by atoms with Crippen LogP contribution in [-0.4, -0.2) is 48.2 Å². The molecule has 118 valence electrons. The molecule has 1 saturated carbocycles. The minimum atomic E-state index is -0.129. The summed E-state index contributed by atoms with van der Waals surface area (Å²) in [7, 11) is 0. The lowest BCUT2D eigenvalue weighted by Gasteiger charge is -2.14. The van der Waals surface area contributed by atoms with Crippen LogP contribution in [0.5, 0.6) is 0 Å². The van der Waals surface area contributed by atoms with E-state index in [0.29, 0.717) is 18.2 Å². The van der Waals surface area contributed by atoms with Crippen LogP contribution in [-0.2, 0) is 0 Å². The summed E-state index contributed by atoms with van der Waals surface area (Å²) in [5, 5.41) is 6.87. The number of nitrogens with one attached hydrogen (secondary N) is 1. The third-order valence-corrected chi connectivity index (χ3v) is 3.79. The molecular weight excluding hydrogens is 268 g/mol. The lowest BCUT2D eigenvalue weighted by molar-refractivity contribution is 0.0928. The van der Waals surface area contributed by atoms with Crippen molar-refractivity contribution in [3.05, 3.63) is 17.5 Å². The van der Waals surface area contributed by atoms with Crippen LogP contribution in [0.1, 0.15) is 55.3 Å². The maximum absolute atomic E-state index is 12.0. The Morgan fingerprint density at radius 2 is 2.24 bits per heavy atom. The highest BCUT2D eigenvalue weighted by molar-refractivity contribution is 5.92. The van der Waals surface area contributed by atoms with E-state index in [-0.39, 0.29) is 11.9 Å². The van der Waals surface area contributed by atoms with Crippen LogP contribution >= 0.6 is 0 Å². The number of nitrogens with zero attached hydrogens (tertiary/aromatic N) is 2. The highest BCUT2D eigenvalue weighted by Gasteiger charge is 2.30. The molecule has 2 fully saturated rings. The van der Waals surface area contributed by atoms with E-state index < -0.39 is 0 Å². The molecular formula is C15H26N4O2. The summed E-state index contributed by atoms with van der Waals surface area (Å²) >= 11 is 0. The van der Waals surface area contributed by atoms with Gasteiger partial charge in [0.2, 0.25) is 0 Å². The zero-order valence-electron chi connectivity index (χ0n) is 13.0. The average molecular weight is 294 g/mol. The molecule has 1 amide bonds. The van der Waals surface area contributed by atoms with Gasteiger partial charge >= 0.3 is 0 Å². The average Bonchev–Trinajstić information content (AvgIpc) is 3.06. The summed E-state index contributed by atoms with van der Waals surface area (Å²) in [6.07, 6.45) is 3.26. The molecule has 0 spiro atoms. The molecule has 1 saturated heterocycles. The minimum Gasteiger partial charge on any atom is -0.360 e. The van der Waals surface area contributed by atoms with Crippen LogP contribution in [0.4, 0.5) is 0 Å². The summed E-state index contributed by atoms with van der Waals surface area (Å²) in [5.74, 6) is 1.21. The predicted molar refractivity (Wildman–Crippen MR) is 81.2 cm³/mol. The third-order valence-electron chi connectivity index (χ3n) is 3.79. The van der Waals surface area contributed by atoms with Crippen molar-refractivity contribution in [3.8, 4) is 0 Å². The second-order valence-corrected chi connectivity index (χ2v) is 5.44. The standard InChI is InChI=1S/C13H20N4O2.C2H6/c14-4-6-17-5-3-10(8-17)15-13(18)11-7-12(19-16-11)9-1-2-9;1-2/h7,9-10H,1-6,8,14H2,(H,15,18);1-2H3. The first-order valence-corrected chi connectivity index (χ1v) is 7.96. The van der Waals surface area contributed by atoms with Crippen molar-refractivity contribution >= 4 is 5.91 Å². The second kappa shape index (κ2) is 7.56. The van der Waals surface area contributed by atoms with E-state index in [9.17, 15) is 4.79 Å². The Kier molecular flexibility index (Phi) is 5.76. The fourth-order valence-electron chi connectivity index (χ4n) is 2.55. The fourth-order valence-corrected chi connectivity index (χ4v) is 2.55. The summed E-state index contributed by atoms with van der Waals surface area (Å²) in [6, 6.07) is 1.97. The molecule has 1 aliphatic carbocycles. The largest absolute Gasteiger partial charge is 0.360 e. The summed E-state index contributed by atoms with van der Waals surface area (Å²) in [5.41, 5.74) is 5.93. The number of aromatic nitrogens is 1. The van der Waals surface area contributed by atoms with Gasteiger partial charge in [0.25, 0.3) is 5.91 Å². The Morgan fingerprint density at radius 1 is 1.48 bits per heavy atom. The number of likely N-dealkylation sites (tertiary alicyclic amines) is 1. The molecule has 1 aliphatic heterocycles. The second-order valence-electron chi connectivity index (χ2n) is 5.44. The maximum Gasteiger partial charge on any atom is 0.273 e. The molecule has 0 aromatic carbocycles. The van der Waals surface area contributed by atoms with Crippen molar-refractivity contribution in [1.29, 1.82) is 0 Å². The molecule has 2 heterocycles. The van der Waals surface area contributed by atoms with E-state index in [2.05, 4.69) is 15.4 Å². The first-order valence-electron chi connectivity index (χ1n) is 7.96. The van der Waals surface area contributed by atoms with E-state index >= 15 is 0 Å². The van der Waals surface area contributed by atoms with Crippen LogP contribution in [0.15, 0.2) is 10.6 Å². The van der Waals surface area contributed by atoms with Gasteiger partial charge in [-0.2, -0.15) is 0 Å². The van der Waals surface area contributed by atoms with Crippen molar-refractivity contribution in [3.63, 3.8) is 0 Å². The summed E-state index contributed by atoms with van der Waals surface area (Å²) in [4.78, 5) is 14.3. The molecule has 21 heavy (non-hydrogen) atoms. The first kappa shape index (κ1) is 16.0. The van der Waals surface area contributed by atoms with Gasteiger partial charge in [-0.05, 0) is 19.3 Å². The van der Waals surface area contributed by atoms with Crippen LogP contribution in [0.2, 0.25) is 0 Å². The third kappa shape index (κ3) is 4.28. The first-order chi connectivity index (χ1) is 10.3. The molecule has 1 aromatic rings. The van der Waals surface area contributed by atoms with E-state index in [0.717, 1.165) is 44.7 Å². The zero-order chi connectivity index (χ0) is 15.2. The number of nitrogens with two attached hydrogens (primary N) is 1. The lowest BCUT2D eigenvalue weighted by atomic mass is 10.2. The van der Waals surface area contributed by atoms with E-state index in [1.54, 1.807) is 6.07 Å². The molecule has 3 N–H and O–H groups in total. The van der Waals surface area contributed by atoms with Crippen LogP contribution < -0.4 is 11.1 Å². The van der Waals surface area contributed by atoms with Gasteiger partial charge in [0, 0.05) is 44.2 Å². The molecule has 6 nitrogen and oxygen atoms in total. The van der Waals surface area contributed by atoms with Gasteiger partial charge in [0.15, 0.2) is 5.69 Å². The van der Waals surface area contributed by atoms with Crippen LogP contribution in [0.3, 0.4) is 0 Å². The molecule has 3 rings (SSSR count). The van der Waals surface area contributed by atoms with Crippen LogP contribution in [0.25, 0.3) is 0 Å². The SMILES string of the molecule is CC.NCCN1CCC(NC(=O)c2cc(C3CC3)on2)C1. The summed E-state index contributed by atoms with van der Waals surface area (Å²) in [6.45, 7) is 7.42. The normalized spacial score (nSPS) is 21.8. The molecule has 0 radical (unpaired) electrons. The highest BCUT2D eigenvalue weighted by atomic mass is 16.5. The van der Waals surface area contributed by atoms with Gasteiger partial charge in [0.1, 0.15) is 5.76 Å². The number of amides is 1. The molecule has 2 aliphatic rings. The Labute approximate surface area is 126 Å². The van der Waals surface area contributed by atoms with Crippen molar-refractivity contribution in [1.82, 2.24) is 15.4 Å². The molecule has 1 aromatic heterocycles. The quantitative estimate of drug-likeness (QED) is 0.856. The highest BCUT2D eigenvalue weighted by Crippen LogP contribution is 2.40. The predicted octanol–water partition coefficient (Wildman–Crippen LogP) is 1.34. The Balaban J connectivity index is 0.000000774. The van der Waals surface area contributed by atoms with Crippen molar-refractivity contribution in [2.24, 2.45) is 5.73 Å². The molecule has 0 bridgehead atoms. The number of carbonyl (C=O) groups is 1. The molecule has 1 unspecified atom stereocenters. The van der Waals surface area contributed by atoms with Crippen molar-refractivity contribution in [2.45, 2.75) is 45.1 Å². The summed E-state index contributed by atoms with van der Waals surface area (Å²) < 4.78 is 5.20. The van der Waals surface area contributed by atoms with Crippen molar-refractivity contribution in [2.75, 3.05) is 26.2 Å². The van der Waals surface area contributed by atoms with Gasteiger partial charge in [-0.1, -0.05) is 19.0 Å². The van der Waals surface area contributed by atoms with Gasteiger partial charge < -0.3 is 15.6 Å². The van der Waals surface area contributed by atoms with Crippen molar-refractivity contribution < 1.29 is 9.32 Å². The fraction of sp³-hybridized carbons (Fsp3) is 0.733. The molecule has 1 atom stereocenters. The van der Waals surface area contributed by atoms with E-state index in [1.807, 2.05) is 13.8 Å². The Morgan fingerprint density at radius 3 is 2.90 bits per heavy atom.